The van der Waals surface area contributed by atoms with Crippen molar-refractivity contribution in [2.75, 3.05) is 11.4 Å². The highest BCUT2D eigenvalue weighted by Crippen LogP contribution is 2.42. The summed E-state index contributed by atoms with van der Waals surface area (Å²) in [7, 11) is 0. The summed E-state index contributed by atoms with van der Waals surface area (Å²) >= 11 is 0. The summed E-state index contributed by atoms with van der Waals surface area (Å²) in [6.07, 6.45) is 22.4. The van der Waals surface area contributed by atoms with Gasteiger partial charge in [-0.25, -0.2) is 0 Å². The first kappa shape index (κ1) is 33.0. The average Bonchev–Trinajstić information content (AvgIpc) is 3.02. The van der Waals surface area contributed by atoms with E-state index in [0.717, 1.165) is 36.0 Å². The van der Waals surface area contributed by atoms with Crippen LogP contribution in [0.2, 0.25) is 0 Å². The highest BCUT2D eigenvalue weighted by atomic mass is 16.3. The molecule has 0 radical (unpaired) electrons. The van der Waals surface area contributed by atoms with Crippen molar-refractivity contribution < 1.29 is 19.8 Å². The van der Waals surface area contributed by atoms with Gasteiger partial charge in [-0.2, -0.15) is 0 Å². The molecular formula is C39H49NO4. The number of carbonyl (C=O) groups is 2. The summed E-state index contributed by atoms with van der Waals surface area (Å²) in [6, 6.07) is 16.3. The van der Waals surface area contributed by atoms with Crippen LogP contribution in [0.3, 0.4) is 0 Å². The van der Waals surface area contributed by atoms with E-state index in [1.165, 1.54) is 95.6 Å². The summed E-state index contributed by atoms with van der Waals surface area (Å²) in [5, 5.41) is 21.0. The number of rotatable bonds is 18. The number of allylic oxidation sites excluding steroid dienone is 5. The van der Waals surface area contributed by atoms with Crippen molar-refractivity contribution in [1.82, 2.24) is 0 Å². The first-order valence-corrected chi connectivity index (χ1v) is 16.7. The number of hydrogen-bond donors (Lipinski definition) is 2. The number of para-hydroxylation sites is 1. The fraction of sp³-hybridized carbons (Fsp3) is 0.436. The van der Waals surface area contributed by atoms with Crippen LogP contribution in [0.1, 0.15) is 108 Å². The number of unbranched alkanes of at least 4 members (excludes halogenated alkanes) is 13. The molecule has 2 aliphatic rings. The average molecular weight is 596 g/mol. The molecule has 5 heteroatoms. The summed E-state index contributed by atoms with van der Waals surface area (Å²) in [6.45, 7) is 5.12. The van der Waals surface area contributed by atoms with E-state index in [1.54, 1.807) is 0 Å². The Morgan fingerprint density at radius 3 is 1.80 bits per heavy atom. The van der Waals surface area contributed by atoms with Crippen molar-refractivity contribution in [3.63, 3.8) is 0 Å². The Balaban J connectivity index is 1.31. The molecule has 0 unspecified atom stereocenters. The normalized spacial score (nSPS) is 16.4. The fourth-order valence-corrected chi connectivity index (χ4v) is 6.20. The van der Waals surface area contributed by atoms with Crippen molar-refractivity contribution in [2.45, 2.75) is 104 Å². The minimum Gasteiger partial charge on any atom is -0.507 e. The van der Waals surface area contributed by atoms with Gasteiger partial charge in [0.1, 0.15) is 11.5 Å². The molecule has 0 saturated heterocycles. The molecule has 4 rings (SSSR count). The number of aliphatic hydroxyl groups excluding tert-OH is 2. The van der Waals surface area contributed by atoms with Crippen LogP contribution in [0.5, 0.6) is 0 Å². The zero-order chi connectivity index (χ0) is 31.3. The van der Waals surface area contributed by atoms with E-state index >= 15 is 0 Å². The van der Waals surface area contributed by atoms with E-state index in [0.29, 0.717) is 5.56 Å². The molecule has 0 aliphatic heterocycles. The molecule has 0 aromatic heterocycles. The second kappa shape index (κ2) is 16.8. The van der Waals surface area contributed by atoms with E-state index in [2.05, 4.69) is 42.2 Å². The van der Waals surface area contributed by atoms with Crippen LogP contribution in [0.25, 0.3) is 5.57 Å². The lowest BCUT2D eigenvalue weighted by Gasteiger charge is -2.28. The summed E-state index contributed by atoms with van der Waals surface area (Å²) in [5.74, 6) is -1.15. The highest BCUT2D eigenvalue weighted by molar-refractivity contribution is 6.39. The largest absolute Gasteiger partial charge is 0.507 e. The predicted molar refractivity (Wildman–Crippen MR) is 181 cm³/mol. The van der Waals surface area contributed by atoms with Gasteiger partial charge in [-0.15, -0.1) is 0 Å². The second-order valence-corrected chi connectivity index (χ2v) is 12.2. The minimum atomic E-state index is -0.356. The third-order valence-electron chi connectivity index (χ3n) is 8.76. The van der Waals surface area contributed by atoms with E-state index in [1.807, 2.05) is 25.1 Å². The maximum atomic E-state index is 13.1. The summed E-state index contributed by atoms with van der Waals surface area (Å²) in [4.78, 5) is 27.0. The van der Waals surface area contributed by atoms with Gasteiger partial charge in [0.05, 0.1) is 11.1 Å². The molecule has 2 N–H and O–H groups in total. The molecule has 0 bridgehead atoms. The lowest BCUT2D eigenvalue weighted by Crippen LogP contribution is -2.24. The molecular weight excluding hydrogens is 546 g/mol. The molecule has 0 spiro atoms. The maximum absolute atomic E-state index is 13.1. The Kier molecular flexibility index (Phi) is 12.6. The minimum absolute atomic E-state index is 0.0460. The number of nitrogens with zero attached hydrogens (tertiary/aromatic N) is 1. The fourth-order valence-electron chi connectivity index (χ4n) is 6.20. The van der Waals surface area contributed by atoms with Crippen LogP contribution in [-0.2, 0) is 9.59 Å². The van der Waals surface area contributed by atoms with Crippen molar-refractivity contribution in [3.05, 3.63) is 101 Å². The number of anilines is 2. The Labute approximate surface area is 263 Å². The van der Waals surface area contributed by atoms with Crippen molar-refractivity contribution in [3.8, 4) is 0 Å². The smallest absolute Gasteiger partial charge is 0.201 e. The number of Topliss-reactive ketones (excluding diaryl/α,β-unsaturated/α-hetero) is 1. The van der Waals surface area contributed by atoms with Crippen LogP contribution < -0.4 is 4.90 Å². The van der Waals surface area contributed by atoms with Crippen molar-refractivity contribution >= 4 is 28.5 Å². The lowest BCUT2D eigenvalue weighted by molar-refractivity contribution is -0.112. The number of benzene rings is 2. The van der Waals surface area contributed by atoms with E-state index in [9.17, 15) is 19.8 Å². The Morgan fingerprint density at radius 1 is 0.659 bits per heavy atom. The van der Waals surface area contributed by atoms with Crippen LogP contribution in [0, 0.1) is 6.92 Å². The molecule has 0 fully saturated rings. The Morgan fingerprint density at radius 2 is 1.25 bits per heavy atom. The molecule has 2 aliphatic carbocycles. The van der Waals surface area contributed by atoms with Crippen LogP contribution in [0.4, 0.5) is 11.4 Å². The Hall–Kier alpha value is -3.86. The monoisotopic (exact) mass is 595 g/mol. The number of aryl methyl sites for hydroxylation is 1. The number of carbonyl (C=O) groups excluding carboxylic acids is 2. The van der Waals surface area contributed by atoms with E-state index < -0.39 is 0 Å². The van der Waals surface area contributed by atoms with Gasteiger partial charge >= 0.3 is 0 Å². The molecule has 0 amide bonds. The number of aliphatic hydroxyl groups is 2. The SMILES string of the molecule is CCCCCCCCCCCCCCCCN(c1ccccc1)c1ccc(C2=C(O)/C(=C3\C=CC(=O)C=C3O)C2=O)c(C)c1. The zero-order valence-corrected chi connectivity index (χ0v) is 26.6. The number of ketones is 2. The molecule has 0 heterocycles. The molecule has 0 atom stereocenters. The quantitative estimate of drug-likeness (QED) is 0.132. The van der Waals surface area contributed by atoms with Crippen LogP contribution in [-0.4, -0.2) is 28.3 Å². The summed E-state index contributed by atoms with van der Waals surface area (Å²) in [5.41, 5.74) is 4.20. The van der Waals surface area contributed by atoms with Gasteiger partial charge in [0.25, 0.3) is 0 Å². The standard InChI is InChI=1S/C39H49NO4/c1-3-4-5-6-7-8-9-10-11-12-13-14-15-19-26-40(30-20-17-16-18-21-30)31-22-24-33(29(2)27-31)36-38(43)37(39(36)44)34-25-23-32(41)28-35(34)42/h16-18,20-25,27-28,42-43H,3-15,19,26H2,1-2H3/b37-34-. The van der Waals surface area contributed by atoms with Crippen LogP contribution in [0.15, 0.2) is 89.4 Å². The zero-order valence-electron chi connectivity index (χ0n) is 26.6. The summed E-state index contributed by atoms with van der Waals surface area (Å²) < 4.78 is 0. The predicted octanol–water partition coefficient (Wildman–Crippen LogP) is 10.3. The van der Waals surface area contributed by atoms with Gasteiger partial charge in [-0.3, -0.25) is 9.59 Å². The Bertz CT molecular complexity index is 1410. The molecule has 234 valence electrons. The first-order chi connectivity index (χ1) is 21.4. The molecule has 2 aromatic carbocycles. The van der Waals surface area contributed by atoms with Gasteiger partial charge in [-0.05, 0) is 60.9 Å². The molecule has 44 heavy (non-hydrogen) atoms. The first-order valence-electron chi connectivity index (χ1n) is 16.7. The van der Waals surface area contributed by atoms with Crippen molar-refractivity contribution in [2.24, 2.45) is 0 Å². The topological polar surface area (TPSA) is 77.8 Å². The molecule has 0 saturated carbocycles. The molecule has 2 aromatic rings. The third-order valence-corrected chi connectivity index (χ3v) is 8.76. The number of hydrogen-bond acceptors (Lipinski definition) is 5. The van der Waals surface area contributed by atoms with Gasteiger partial charge < -0.3 is 15.1 Å². The van der Waals surface area contributed by atoms with E-state index in [-0.39, 0.29) is 39.8 Å². The lowest BCUT2D eigenvalue weighted by atomic mass is 9.78. The third kappa shape index (κ3) is 8.62. The van der Waals surface area contributed by atoms with Gasteiger partial charge in [0.2, 0.25) is 5.78 Å². The second-order valence-electron chi connectivity index (χ2n) is 12.2. The molecule has 5 nitrogen and oxygen atoms in total. The maximum Gasteiger partial charge on any atom is 0.201 e. The van der Waals surface area contributed by atoms with E-state index in [4.69, 9.17) is 0 Å². The van der Waals surface area contributed by atoms with Crippen molar-refractivity contribution in [1.29, 1.82) is 0 Å². The van der Waals surface area contributed by atoms with Gasteiger partial charge in [0, 0.05) is 29.6 Å². The van der Waals surface area contributed by atoms with Crippen LogP contribution >= 0.6 is 0 Å². The highest BCUT2D eigenvalue weighted by Gasteiger charge is 2.38. The van der Waals surface area contributed by atoms with Gasteiger partial charge in [0.15, 0.2) is 5.78 Å². The van der Waals surface area contributed by atoms with Gasteiger partial charge in [-0.1, -0.05) is 115 Å².